The average Bonchev–Trinajstić information content (AvgIpc) is 2.45. The van der Waals surface area contributed by atoms with Gasteiger partial charge < -0.3 is 15.2 Å². The van der Waals surface area contributed by atoms with E-state index in [1.54, 1.807) is 18.2 Å². The van der Waals surface area contributed by atoms with E-state index >= 15 is 0 Å². The Morgan fingerprint density at radius 3 is 2.41 bits per heavy atom. The van der Waals surface area contributed by atoms with Gasteiger partial charge in [-0.05, 0) is 29.9 Å². The Kier molecular flexibility index (Phi) is 6.89. The van der Waals surface area contributed by atoms with Crippen molar-refractivity contribution in [3.63, 3.8) is 0 Å². The number of benzene rings is 1. The van der Waals surface area contributed by atoms with Gasteiger partial charge in [0.1, 0.15) is 11.8 Å². The summed E-state index contributed by atoms with van der Waals surface area (Å²) in [6.07, 6.45) is 0.729. The number of esters is 1. The van der Waals surface area contributed by atoms with Gasteiger partial charge in [-0.1, -0.05) is 39.0 Å². The van der Waals surface area contributed by atoms with Crippen LogP contribution >= 0.6 is 0 Å². The standard InChI is InChI=1S/C17H25NO4/c1-11(2)9-14(17(21)22-4)18-16(20)10-12(3)13-7-5-6-8-15(13)19/h5-8,11-12,14,19H,9-10H2,1-4H3,(H,18,20). The summed E-state index contributed by atoms with van der Waals surface area (Å²) in [5.41, 5.74) is 0.719. The molecule has 1 aromatic rings. The number of methoxy groups -OCH3 is 1. The van der Waals surface area contributed by atoms with E-state index in [1.165, 1.54) is 7.11 Å². The molecule has 0 spiro atoms. The maximum absolute atomic E-state index is 12.1. The third-order valence-electron chi connectivity index (χ3n) is 3.49. The first-order chi connectivity index (χ1) is 10.3. The highest BCUT2D eigenvalue weighted by Gasteiger charge is 2.23. The zero-order valence-corrected chi connectivity index (χ0v) is 13.6. The molecule has 0 bridgehead atoms. The van der Waals surface area contributed by atoms with Crippen LogP contribution in [0.4, 0.5) is 0 Å². The molecule has 5 nitrogen and oxygen atoms in total. The fraction of sp³-hybridized carbons (Fsp3) is 0.529. The van der Waals surface area contributed by atoms with Crippen molar-refractivity contribution >= 4 is 11.9 Å². The molecular weight excluding hydrogens is 282 g/mol. The van der Waals surface area contributed by atoms with Crippen LogP contribution in [-0.4, -0.2) is 30.1 Å². The minimum atomic E-state index is -0.630. The number of phenols is 1. The molecule has 0 aliphatic heterocycles. The minimum absolute atomic E-state index is 0.140. The Balaban J connectivity index is 2.67. The summed E-state index contributed by atoms with van der Waals surface area (Å²) in [7, 11) is 1.31. The van der Waals surface area contributed by atoms with Crippen molar-refractivity contribution in [1.29, 1.82) is 0 Å². The van der Waals surface area contributed by atoms with Gasteiger partial charge in [0.2, 0.25) is 5.91 Å². The van der Waals surface area contributed by atoms with Gasteiger partial charge in [0, 0.05) is 6.42 Å². The maximum atomic E-state index is 12.1. The molecule has 2 N–H and O–H groups in total. The van der Waals surface area contributed by atoms with Crippen LogP contribution in [0.5, 0.6) is 5.75 Å². The Bertz CT molecular complexity index is 513. The van der Waals surface area contributed by atoms with Crippen LogP contribution < -0.4 is 5.32 Å². The van der Waals surface area contributed by atoms with Crippen LogP contribution in [0.3, 0.4) is 0 Å². The fourth-order valence-electron chi connectivity index (χ4n) is 2.37. The molecule has 1 amide bonds. The first-order valence-corrected chi connectivity index (χ1v) is 7.50. The molecule has 22 heavy (non-hydrogen) atoms. The number of amides is 1. The Hall–Kier alpha value is -2.04. The average molecular weight is 307 g/mol. The quantitative estimate of drug-likeness (QED) is 0.759. The lowest BCUT2D eigenvalue weighted by Gasteiger charge is -2.20. The summed E-state index contributed by atoms with van der Waals surface area (Å²) < 4.78 is 4.73. The molecule has 0 radical (unpaired) electrons. The normalized spacial score (nSPS) is 13.5. The van der Waals surface area contributed by atoms with Crippen molar-refractivity contribution in [1.82, 2.24) is 5.32 Å². The largest absolute Gasteiger partial charge is 0.508 e. The smallest absolute Gasteiger partial charge is 0.328 e. The fourth-order valence-corrected chi connectivity index (χ4v) is 2.37. The molecular formula is C17H25NO4. The van der Waals surface area contributed by atoms with E-state index in [4.69, 9.17) is 4.74 Å². The molecule has 2 atom stereocenters. The first kappa shape index (κ1) is 18.0. The second-order valence-electron chi connectivity index (χ2n) is 5.94. The summed E-state index contributed by atoms with van der Waals surface area (Å²) in [6.45, 7) is 5.82. The van der Waals surface area contributed by atoms with E-state index in [0.717, 1.165) is 5.56 Å². The van der Waals surface area contributed by atoms with E-state index in [9.17, 15) is 14.7 Å². The molecule has 1 aromatic carbocycles. The SMILES string of the molecule is COC(=O)C(CC(C)C)NC(=O)CC(C)c1ccccc1O. The van der Waals surface area contributed by atoms with E-state index in [2.05, 4.69) is 5.32 Å². The van der Waals surface area contributed by atoms with Gasteiger partial charge in [-0.3, -0.25) is 4.79 Å². The summed E-state index contributed by atoms with van der Waals surface area (Å²) in [6, 6.07) is 6.31. The zero-order valence-electron chi connectivity index (χ0n) is 13.6. The Labute approximate surface area is 131 Å². The second kappa shape index (κ2) is 8.41. The van der Waals surface area contributed by atoms with Crippen LogP contribution in [0.25, 0.3) is 0 Å². The lowest BCUT2D eigenvalue weighted by Crippen LogP contribution is -2.42. The van der Waals surface area contributed by atoms with Crippen LogP contribution in [0, 0.1) is 5.92 Å². The van der Waals surface area contributed by atoms with E-state index in [0.29, 0.717) is 6.42 Å². The maximum Gasteiger partial charge on any atom is 0.328 e. The number of aromatic hydroxyl groups is 1. The van der Waals surface area contributed by atoms with Crippen LogP contribution in [-0.2, 0) is 14.3 Å². The van der Waals surface area contributed by atoms with Crippen LogP contribution in [0.15, 0.2) is 24.3 Å². The van der Waals surface area contributed by atoms with Crippen molar-refractivity contribution in [2.45, 2.75) is 45.6 Å². The van der Waals surface area contributed by atoms with E-state index < -0.39 is 12.0 Å². The number of nitrogens with one attached hydrogen (secondary N) is 1. The second-order valence-corrected chi connectivity index (χ2v) is 5.94. The number of carbonyl (C=O) groups excluding carboxylic acids is 2. The molecule has 0 aliphatic carbocycles. The summed E-state index contributed by atoms with van der Waals surface area (Å²) in [5, 5.41) is 12.5. The van der Waals surface area contributed by atoms with Crippen molar-refractivity contribution in [2.75, 3.05) is 7.11 Å². The topological polar surface area (TPSA) is 75.6 Å². The van der Waals surface area contributed by atoms with Gasteiger partial charge in [0.15, 0.2) is 0 Å². The number of phenolic OH excluding ortho intramolecular Hbond substituents is 1. The van der Waals surface area contributed by atoms with Crippen molar-refractivity contribution < 1.29 is 19.4 Å². The number of ether oxygens (including phenoxy) is 1. The molecule has 1 rings (SSSR count). The van der Waals surface area contributed by atoms with Crippen molar-refractivity contribution in [3.05, 3.63) is 29.8 Å². The third kappa shape index (κ3) is 5.39. The van der Waals surface area contributed by atoms with Gasteiger partial charge in [0.25, 0.3) is 0 Å². The van der Waals surface area contributed by atoms with Gasteiger partial charge in [-0.2, -0.15) is 0 Å². The summed E-state index contributed by atoms with van der Waals surface area (Å²) in [4.78, 5) is 23.9. The number of hydrogen-bond acceptors (Lipinski definition) is 4. The molecule has 0 fully saturated rings. The minimum Gasteiger partial charge on any atom is -0.508 e. The van der Waals surface area contributed by atoms with Crippen LogP contribution in [0.2, 0.25) is 0 Å². The molecule has 122 valence electrons. The van der Waals surface area contributed by atoms with Gasteiger partial charge in [-0.25, -0.2) is 4.79 Å². The molecule has 2 unspecified atom stereocenters. The first-order valence-electron chi connectivity index (χ1n) is 7.50. The van der Waals surface area contributed by atoms with Gasteiger partial charge in [-0.15, -0.1) is 0 Å². The Morgan fingerprint density at radius 2 is 1.86 bits per heavy atom. The lowest BCUT2D eigenvalue weighted by molar-refractivity contribution is -0.145. The van der Waals surface area contributed by atoms with Crippen molar-refractivity contribution in [3.8, 4) is 5.75 Å². The number of carbonyl (C=O) groups is 2. The highest BCUT2D eigenvalue weighted by Crippen LogP contribution is 2.27. The highest BCUT2D eigenvalue weighted by atomic mass is 16.5. The Morgan fingerprint density at radius 1 is 1.23 bits per heavy atom. The molecule has 5 heteroatoms. The predicted octanol–water partition coefficient (Wildman–Crippen LogP) is 2.59. The molecule has 0 heterocycles. The highest BCUT2D eigenvalue weighted by molar-refractivity contribution is 5.84. The third-order valence-corrected chi connectivity index (χ3v) is 3.49. The number of para-hydroxylation sites is 1. The van der Waals surface area contributed by atoms with Gasteiger partial charge in [0.05, 0.1) is 7.11 Å². The van der Waals surface area contributed by atoms with Crippen LogP contribution in [0.1, 0.15) is 45.1 Å². The zero-order chi connectivity index (χ0) is 16.7. The molecule has 0 saturated carbocycles. The monoisotopic (exact) mass is 307 g/mol. The summed E-state index contributed by atoms with van der Waals surface area (Å²) >= 11 is 0. The summed E-state index contributed by atoms with van der Waals surface area (Å²) in [5.74, 6) is -0.364. The predicted molar refractivity (Wildman–Crippen MR) is 84.5 cm³/mol. The molecule has 0 aliphatic rings. The molecule has 0 saturated heterocycles. The van der Waals surface area contributed by atoms with Gasteiger partial charge >= 0.3 is 5.97 Å². The van der Waals surface area contributed by atoms with E-state index in [1.807, 2.05) is 26.8 Å². The number of rotatable bonds is 7. The van der Waals surface area contributed by atoms with Crippen molar-refractivity contribution in [2.24, 2.45) is 5.92 Å². The van der Waals surface area contributed by atoms with E-state index in [-0.39, 0.29) is 29.9 Å². The lowest BCUT2D eigenvalue weighted by atomic mass is 9.96. The number of hydrogen-bond donors (Lipinski definition) is 2. The molecule has 0 aromatic heterocycles.